The molecular formula is C24H18N6O2. The van der Waals surface area contributed by atoms with Crippen LogP contribution in [0.5, 0.6) is 5.75 Å². The number of aromatic hydroxyl groups is 1. The maximum absolute atomic E-state index is 13.2. The van der Waals surface area contributed by atoms with Gasteiger partial charge in [-0.25, -0.2) is 9.97 Å². The molecule has 5 aromatic rings. The Morgan fingerprint density at radius 3 is 2.44 bits per heavy atom. The molecule has 0 unspecified atom stereocenters. The Balaban J connectivity index is 1.68. The van der Waals surface area contributed by atoms with Gasteiger partial charge in [-0.3, -0.25) is 4.79 Å². The number of para-hydroxylation sites is 3. The Labute approximate surface area is 182 Å². The lowest BCUT2D eigenvalue weighted by molar-refractivity contribution is 0.102. The summed E-state index contributed by atoms with van der Waals surface area (Å²) in [5.41, 5.74) is 9.88. The Morgan fingerprint density at radius 1 is 0.969 bits per heavy atom. The molecule has 0 aliphatic heterocycles. The number of aromatic nitrogens is 3. The van der Waals surface area contributed by atoms with Gasteiger partial charge in [0.2, 0.25) is 0 Å². The van der Waals surface area contributed by atoms with E-state index in [0.717, 1.165) is 0 Å². The van der Waals surface area contributed by atoms with Gasteiger partial charge < -0.3 is 16.2 Å². The summed E-state index contributed by atoms with van der Waals surface area (Å²) in [4.78, 5) is 22.5. The summed E-state index contributed by atoms with van der Waals surface area (Å²) in [7, 11) is 0. The van der Waals surface area contributed by atoms with E-state index in [1.165, 1.54) is 10.9 Å². The fourth-order valence-electron chi connectivity index (χ4n) is 3.43. The standard InChI is InChI=1S/C24H18N6O2/c25-22-20(24(32)27-16-8-2-1-3-9-16)21-23(29-19-12-5-4-11-18(19)28-21)30(22)26-14-15-7-6-10-17(31)13-15/h1-14,31H,25H2,(H,27,32). The smallest absolute Gasteiger partial charge is 0.261 e. The van der Waals surface area contributed by atoms with Gasteiger partial charge in [-0.05, 0) is 42.0 Å². The van der Waals surface area contributed by atoms with Crippen molar-refractivity contribution >= 4 is 45.8 Å². The summed E-state index contributed by atoms with van der Waals surface area (Å²) < 4.78 is 1.39. The highest BCUT2D eigenvalue weighted by atomic mass is 16.3. The highest BCUT2D eigenvalue weighted by Crippen LogP contribution is 2.28. The summed E-state index contributed by atoms with van der Waals surface area (Å²) in [6, 6.07) is 23.1. The van der Waals surface area contributed by atoms with Gasteiger partial charge in [0, 0.05) is 5.69 Å². The van der Waals surface area contributed by atoms with Gasteiger partial charge in [-0.1, -0.05) is 42.5 Å². The molecule has 8 nitrogen and oxygen atoms in total. The quantitative estimate of drug-likeness (QED) is 0.378. The third kappa shape index (κ3) is 3.50. The van der Waals surface area contributed by atoms with Crippen LogP contribution in [-0.4, -0.2) is 31.9 Å². The van der Waals surface area contributed by atoms with Crippen molar-refractivity contribution in [2.45, 2.75) is 0 Å². The van der Waals surface area contributed by atoms with E-state index in [1.54, 1.807) is 36.4 Å². The van der Waals surface area contributed by atoms with Crippen LogP contribution in [0.15, 0.2) is 84.0 Å². The molecule has 156 valence electrons. The van der Waals surface area contributed by atoms with Gasteiger partial charge in [0.1, 0.15) is 22.6 Å². The number of nitrogens with two attached hydrogens (primary N) is 1. The first kappa shape index (κ1) is 19.3. The molecule has 2 aromatic heterocycles. The first-order valence-electron chi connectivity index (χ1n) is 9.86. The number of nitrogen functional groups attached to an aromatic ring is 1. The minimum absolute atomic E-state index is 0.111. The number of nitrogens with one attached hydrogen (secondary N) is 1. The molecule has 0 atom stereocenters. The molecule has 8 heteroatoms. The lowest BCUT2D eigenvalue weighted by Crippen LogP contribution is -2.14. The molecule has 0 saturated carbocycles. The molecule has 5 rings (SSSR count). The fraction of sp³-hybridized carbons (Fsp3) is 0. The number of phenols is 1. The number of hydrogen-bond donors (Lipinski definition) is 3. The van der Waals surface area contributed by atoms with E-state index >= 15 is 0 Å². The lowest BCUT2D eigenvalue weighted by Gasteiger charge is -2.05. The zero-order chi connectivity index (χ0) is 22.1. The highest BCUT2D eigenvalue weighted by Gasteiger charge is 2.24. The van der Waals surface area contributed by atoms with Crippen LogP contribution in [0.3, 0.4) is 0 Å². The van der Waals surface area contributed by atoms with E-state index in [1.807, 2.05) is 42.5 Å². The zero-order valence-electron chi connectivity index (χ0n) is 16.8. The molecule has 0 fully saturated rings. The Morgan fingerprint density at radius 2 is 1.69 bits per heavy atom. The van der Waals surface area contributed by atoms with Gasteiger partial charge in [0.25, 0.3) is 5.91 Å². The van der Waals surface area contributed by atoms with E-state index in [-0.39, 0.29) is 17.1 Å². The van der Waals surface area contributed by atoms with Crippen molar-refractivity contribution < 1.29 is 9.90 Å². The summed E-state index contributed by atoms with van der Waals surface area (Å²) >= 11 is 0. The van der Waals surface area contributed by atoms with Crippen molar-refractivity contribution in [3.05, 3.63) is 90.0 Å². The molecule has 4 N–H and O–H groups in total. The third-order valence-corrected chi connectivity index (χ3v) is 4.93. The minimum Gasteiger partial charge on any atom is -0.508 e. The monoisotopic (exact) mass is 422 g/mol. The van der Waals surface area contributed by atoms with Crippen LogP contribution in [0.25, 0.3) is 22.2 Å². The van der Waals surface area contributed by atoms with E-state index in [9.17, 15) is 9.90 Å². The number of nitrogens with zero attached hydrogens (tertiary/aromatic N) is 4. The molecule has 32 heavy (non-hydrogen) atoms. The van der Waals surface area contributed by atoms with Crippen molar-refractivity contribution in [2.75, 3.05) is 11.1 Å². The number of fused-ring (bicyclic) bond motifs is 2. The molecule has 0 saturated heterocycles. The lowest BCUT2D eigenvalue weighted by atomic mass is 10.2. The van der Waals surface area contributed by atoms with E-state index < -0.39 is 5.91 Å². The first-order chi connectivity index (χ1) is 15.6. The van der Waals surface area contributed by atoms with Crippen molar-refractivity contribution in [3.8, 4) is 5.75 Å². The highest BCUT2D eigenvalue weighted by molar-refractivity contribution is 6.16. The number of rotatable bonds is 4. The van der Waals surface area contributed by atoms with Gasteiger partial charge >= 0.3 is 0 Å². The summed E-state index contributed by atoms with van der Waals surface area (Å²) in [6.07, 6.45) is 1.53. The van der Waals surface area contributed by atoms with Crippen molar-refractivity contribution in [3.63, 3.8) is 0 Å². The summed E-state index contributed by atoms with van der Waals surface area (Å²) in [5.74, 6) is -0.178. The SMILES string of the molecule is Nc1c(C(=O)Nc2ccccc2)c2nc3ccccc3nc2n1N=Cc1cccc(O)c1. The largest absolute Gasteiger partial charge is 0.508 e. The maximum atomic E-state index is 13.2. The van der Waals surface area contributed by atoms with Crippen LogP contribution in [-0.2, 0) is 0 Å². The number of benzene rings is 3. The van der Waals surface area contributed by atoms with Crippen LogP contribution >= 0.6 is 0 Å². The molecule has 0 aliphatic carbocycles. The van der Waals surface area contributed by atoms with Gasteiger partial charge in [0.15, 0.2) is 5.65 Å². The Bertz CT molecular complexity index is 1490. The fourth-order valence-corrected chi connectivity index (χ4v) is 3.43. The van der Waals surface area contributed by atoms with Crippen LogP contribution in [0.4, 0.5) is 11.5 Å². The van der Waals surface area contributed by atoms with Gasteiger partial charge in [-0.2, -0.15) is 9.78 Å². The van der Waals surface area contributed by atoms with Crippen molar-refractivity contribution in [1.29, 1.82) is 0 Å². The van der Waals surface area contributed by atoms with Crippen molar-refractivity contribution in [1.82, 2.24) is 14.6 Å². The second-order valence-corrected chi connectivity index (χ2v) is 7.12. The third-order valence-electron chi connectivity index (χ3n) is 4.93. The summed E-state index contributed by atoms with van der Waals surface area (Å²) in [5, 5.41) is 17.0. The van der Waals surface area contributed by atoms with E-state index in [4.69, 9.17) is 5.73 Å². The molecule has 3 aromatic carbocycles. The van der Waals surface area contributed by atoms with Gasteiger partial charge in [0.05, 0.1) is 17.2 Å². The molecule has 2 heterocycles. The average Bonchev–Trinajstić information content (AvgIpc) is 3.07. The Hall–Kier alpha value is -4.72. The number of carbonyl (C=O) groups is 1. The minimum atomic E-state index is -0.408. The van der Waals surface area contributed by atoms with E-state index in [0.29, 0.717) is 33.4 Å². The average molecular weight is 422 g/mol. The molecular weight excluding hydrogens is 404 g/mol. The molecule has 0 spiro atoms. The second-order valence-electron chi connectivity index (χ2n) is 7.12. The number of carbonyl (C=O) groups excluding carboxylic acids is 1. The zero-order valence-corrected chi connectivity index (χ0v) is 16.8. The molecule has 1 amide bonds. The maximum Gasteiger partial charge on any atom is 0.261 e. The number of anilines is 2. The van der Waals surface area contributed by atoms with Crippen molar-refractivity contribution in [2.24, 2.45) is 5.10 Å². The van der Waals surface area contributed by atoms with E-state index in [2.05, 4.69) is 20.4 Å². The van der Waals surface area contributed by atoms with Crippen LogP contribution < -0.4 is 11.1 Å². The summed E-state index contributed by atoms with van der Waals surface area (Å²) in [6.45, 7) is 0. The number of hydrogen-bond acceptors (Lipinski definition) is 6. The second kappa shape index (κ2) is 7.84. The van der Waals surface area contributed by atoms with Gasteiger partial charge in [-0.15, -0.1) is 0 Å². The number of amides is 1. The molecule has 0 bridgehead atoms. The topological polar surface area (TPSA) is 118 Å². The molecule has 0 radical (unpaired) electrons. The predicted octanol–water partition coefficient (Wildman–Crippen LogP) is 4.01. The van der Waals surface area contributed by atoms with Crippen LogP contribution in [0, 0.1) is 0 Å². The predicted molar refractivity (Wildman–Crippen MR) is 125 cm³/mol. The number of phenolic OH excluding ortho intramolecular Hbond substituents is 1. The normalized spacial score (nSPS) is 11.4. The Kier molecular flexibility index (Phi) is 4.72. The first-order valence-corrected chi connectivity index (χ1v) is 9.86. The van der Waals surface area contributed by atoms with Crippen LogP contribution in [0.2, 0.25) is 0 Å². The molecule has 0 aliphatic rings. The van der Waals surface area contributed by atoms with Crippen LogP contribution in [0.1, 0.15) is 15.9 Å².